The van der Waals surface area contributed by atoms with Crippen molar-refractivity contribution in [3.63, 3.8) is 0 Å². The topological polar surface area (TPSA) is 125 Å². The lowest BCUT2D eigenvalue weighted by atomic mass is 10.1. The molecule has 0 saturated heterocycles. The lowest BCUT2D eigenvalue weighted by Crippen LogP contribution is -2.30. The first kappa shape index (κ1) is 24.3. The van der Waals surface area contributed by atoms with E-state index in [0.29, 0.717) is 5.56 Å². The van der Waals surface area contributed by atoms with Crippen molar-refractivity contribution in [3.8, 4) is 0 Å². The minimum atomic E-state index is -4.43. The maximum absolute atomic E-state index is 12.2. The Morgan fingerprint density at radius 2 is 1.65 bits per heavy atom. The van der Waals surface area contributed by atoms with E-state index in [2.05, 4.69) is 10.1 Å². The highest BCUT2D eigenvalue weighted by molar-refractivity contribution is 7.89. The second kappa shape index (κ2) is 9.90. The molecule has 12 heteroatoms. The first-order chi connectivity index (χ1) is 14.3. The van der Waals surface area contributed by atoms with Crippen LogP contribution in [0.5, 0.6) is 0 Å². The number of esters is 1. The summed E-state index contributed by atoms with van der Waals surface area (Å²) in [6.45, 7) is -0.322. The van der Waals surface area contributed by atoms with E-state index in [1.165, 1.54) is 55.5 Å². The number of anilines is 1. The second-order valence-corrected chi connectivity index (χ2v) is 7.97. The van der Waals surface area contributed by atoms with E-state index in [4.69, 9.17) is 9.88 Å². The highest BCUT2D eigenvalue weighted by atomic mass is 32.2. The molecule has 0 aromatic heterocycles. The molecule has 1 amide bonds. The van der Waals surface area contributed by atoms with Crippen molar-refractivity contribution in [1.82, 2.24) is 0 Å². The van der Waals surface area contributed by atoms with Crippen LogP contribution in [0, 0.1) is 0 Å². The second-order valence-electron chi connectivity index (χ2n) is 6.41. The number of carbonyl (C=O) groups is 2. The van der Waals surface area contributed by atoms with E-state index in [1.54, 1.807) is 0 Å². The minimum absolute atomic E-state index is 0.0942. The first-order valence-corrected chi connectivity index (χ1v) is 10.3. The van der Waals surface area contributed by atoms with Crippen LogP contribution in [0.2, 0.25) is 0 Å². The molecule has 0 aliphatic carbocycles. The zero-order chi connectivity index (χ0) is 23.2. The van der Waals surface area contributed by atoms with Crippen LogP contribution in [0.4, 0.5) is 18.9 Å². The van der Waals surface area contributed by atoms with Gasteiger partial charge in [-0.2, -0.15) is 13.2 Å². The van der Waals surface area contributed by atoms with Gasteiger partial charge in [0.05, 0.1) is 17.1 Å². The Morgan fingerprint density at radius 1 is 1.06 bits per heavy atom. The van der Waals surface area contributed by atoms with Crippen molar-refractivity contribution in [2.75, 3.05) is 11.9 Å². The van der Waals surface area contributed by atoms with Gasteiger partial charge < -0.3 is 14.8 Å². The number of hydrogen-bond donors (Lipinski definition) is 2. The number of ether oxygens (including phenoxy) is 2. The summed E-state index contributed by atoms with van der Waals surface area (Å²) in [7, 11) is -3.87. The summed E-state index contributed by atoms with van der Waals surface area (Å²) in [5, 5.41) is 7.45. The number of primary sulfonamides is 1. The Kier molecular flexibility index (Phi) is 7.76. The molecular formula is C19H19F3N2O6S. The van der Waals surface area contributed by atoms with Crippen molar-refractivity contribution in [2.45, 2.75) is 30.7 Å². The molecule has 2 aromatic rings. The van der Waals surface area contributed by atoms with Crippen LogP contribution in [-0.2, 0) is 30.9 Å². The molecule has 8 nitrogen and oxygen atoms in total. The van der Waals surface area contributed by atoms with Gasteiger partial charge in [-0.25, -0.2) is 18.4 Å². The average molecular weight is 460 g/mol. The molecule has 0 saturated carbocycles. The van der Waals surface area contributed by atoms with Gasteiger partial charge in [0.1, 0.15) is 6.61 Å². The largest absolute Gasteiger partial charge is 0.449 e. The fraction of sp³-hybridized carbons (Fsp3) is 0.263. The zero-order valence-electron chi connectivity index (χ0n) is 16.2. The number of nitrogens with two attached hydrogens (primary N) is 1. The molecule has 1 unspecified atom stereocenters. The number of halogens is 3. The van der Waals surface area contributed by atoms with Crippen LogP contribution in [0.15, 0.2) is 53.4 Å². The van der Waals surface area contributed by atoms with E-state index >= 15 is 0 Å². The fourth-order valence-electron chi connectivity index (χ4n) is 2.28. The highest BCUT2D eigenvalue weighted by Gasteiger charge is 2.27. The molecule has 0 bridgehead atoms. The normalized spacial score (nSPS) is 12.8. The molecular weight excluding hydrogens is 441 g/mol. The zero-order valence-corrected chi connectivity index (χ0v) is 17.0. The van der Waals surface area contributed by atoms with Gasteiger partial charge in [0.25, 0.3) is 5.91 Å². The first-order valence-electron chi connectivity index (χ1n) is 8.73. The van der Waals surface area contributed by atoms with E-state index < -0.39 is 40.8 Å². The molecule has 3 N–H and O–H groups in total. The monoisotopic (exact) mass is 460 g/mol. The molecule has 0 aliphatic rings. The van der Waals surface area contributed by atoms with Crippen LogP contribution < -0.4 is 10.5 Å². The molecule has 1 atom stereocenters. The number of nitrogens with one attached hydrogen (secondary N) is 1. The Labute approximate surface area is 176 Å². The lowest BCUT2D eigenvalue weighted by Gasteiger charge is -2.14. The average Bonchev–Trinajstić information content (AvgIpc) is 2.67. The summed E-state index contributed by atoms with van der Waals surface area (Å²) in [4.78, 5) is 24.2. The fourth-order valence-corrected chi connectivity index (χ4v) is 2.79. The standard InChI is InChI=1S/C19H19F3N2O6S/c1-12(17(25)24-15-6-8-16(9-7-15)31(23,27)28)30-18(26)14-4-2-13(3-5-14)10-29-11-19(20,21)22/h2-9,12H,10-11H2,1H3,(H,24,25)(H2,23,27,28). The lowest BCUT2D eigenvalue weighted by molar-refractivity contribution is -0.176. The highest BCUT2D eigenvalue weighted by Crippen LogP contribution is 2.16. The van der Waals surface area contributed by atoms with Crippen LogP contribution in [0.1, 0.15) is 22.8 Å². The van der Waals surface area contributed by atoms with Crippen LogP contribution >= 0.6 is 0 Å². The van der Waals surface area contributed by atoms with E-state index in [0.717, 1.165) is 0 Å². The predicted molar refractivity (Wildman–Crippen MR) is 103 cm³/mol. The number of hydrogen-bond acceptors (Lipinski definition) is 6. The number of carbonyl (C=O) groups excluding carboxylic acids is 2. The van der Waals surface area contributed by atoms with Crippen molar-refractivity contribution in [3.05, 3.63) is 59.7 Å². The Morgan fingerprint density at radius 3 is 2.16 bits per heavy atom. The molecule has 2 aromatic carbocycles. The SMILES string of the molecule is CC(OC(=O)c1ccc(COCC(F)(F)F)cc1)C(=O)Nc1ccc(S(N)(=O)=O)cc1. The van der Waals surface area contributed by atoms with Gasteiger partial charge in [0.15, 0.2) is 6.10 Å². The Balaban J connectivity index is 1.88. The maximum atomic E-state index is 12.2. The summed E-state index contributed by atoms with van der Waals surface area (Å²) in [5.74, 6) is -1.47. The third-order valence-electron chi connectivity index (χ3n) is 3.83. The van der Waals surface area contributed by atoms with Crippen LogP contribution in [0.3, 0.4) is 0 Å². The Hall–Kier alpha value is -2.96. The third kappa shape index (κ3) is 8.00. The molecule has 2 rings (SSSR count). The van der Waals surface area contributed by atoms with Crippen molar-refractivity contribution in [2.24, 2.45) is 5.14 Å². The summed E-state index contributed by atoms with van der Waals surface area (Å²) in [6.07, 6.45) is -5.61. The van der Waals surface area contributed by atoms with Crippen molar-refractivity contribution < 1.29 is 40.7 Å². The molecule has 0 radical (unpaired) electrons. The number of amides is 1. The summed E-state index contributed by atoms with van der Waals surface area (Å²) in [5.41, 5.74) is 0.787. The number of rotatable bonds is 8. The smallest absolute Gasteiger partial charge is 0.411 e. The van der Waals surface area contributed by atoms with E-state index in [1.807, 2.05) is 0 Å². The van der Waals surface area contributed by atoms with Gasteiger partial charge in [-0.15, -0.1) is 0 Å². The summed E-state index contributed by atoms with van der Waals surface area (Å²) < 4.78 is 68.3. The minimum Gasteiger partial charge on any atom is -0.449 e. The molecule has 31 heavy (non-hydrogen) atoms. The molecule has 0 fully saturated rings. The van der Waals surface area contributed by atoms with Crippen LogP contribution in [0.25, 0.3) is 0 Å². The Bertz CT molecular complexity index is 1020. The molecule has 0 heterocycles. The van der Waals surface area contributed by atoms with Crippen LogP contribution in [-0.4, -0.2) is 39.2 Å². The summed E-state index contributed by atoms with van der Waals surface area (Å²) >= 11 is 0. The van der Waals surface area contributed by atoms with Gasteiger partial charge in [-0.3, -0.25) is 4.79 Å². The maximum Gasteiger partial charge on any atom is 0.411 e. The van der Waals surface area contributed by atoms with Gasteiger partial charge >= 0.3 is 12.1 Å². The van der Waals surface area contributed by atoms with Gasteiger partial charge in [-0.05, 0) is 48.9 Å². The number of sulfonamides is 1. The number of benzene rings is 2. The van der Waals surface area contributed by atoms with Gasteiger partial charge in [0, 0.05) is 5.69 Å². The van der Waals surface area contributed by atoms with Gasteiger partial charge in [-0.1, -0.05) is 12.1 Å². The van der Waals surface area contributed by atoms with Gasteiger partial charge in [0.2, 0.25) is 10.0 Å². The number of alkyl halides is 3. The van der Waals surface area contributed by atoms with E-state index in [9.17, 15) is 31.2 Å². The summed E-state index contributed by atoms with van der Waals surface area (Å²) in [6, 6.07) is 10.6. The van der Waals surface area contributed by atoms with Crippen molar-refractivity contribution in [1.29, 1.82) is 0 Å². The van der Waals surface area contributed by atoms with Crippen molar-refractivity contribution >= 4 is 27.6 Å². The molecule has 0 spiro atoms. The van der Waals surface area contributed by atoms with E-state index in [-0.39, 0.29) is 22.8 Å². The predicted octanol–water partition coefficient (Wildman–Crippen LogP) is 2.60. The quantitative estimate of drug-likeness (QED) is 0.584. The molecule has 168 valence electrons. The molecule has 0 aliphatic heterocycles. The third-order valence-corrected chi connectivity index (χ3v) is 4.76.